The first-order valence-corrected chi connectivity index (χ1v) is 6.00. The Labute approximate surface area is 111 Å². The summed E-state index contributed by atoms with van der Waals surface area (Å²) in [6.07, 6.45) is 14.0. The van der Waals surface area contributed by atoms with Crippen molar-refractivity contribution in [2.75, 3.05) is 0 Å². The first kappa shape index (κ1) is 19.2. The third kappa shape index (κ3) is 10.7. The van der Waals surface area contributed by atoms with Gasteiger partial charge in [0.05, 0.1) is 0 Å². The van der Waals surface area contributed by atoms with Gasteiger partial charge in [0.1, 0.15) is 0 Å². The van der Waals surface area contributed by atoms with Crippen molar-refractivity contribution in [2.24, 2.45) is 0 Å². The van der Waals surface area contributed by atoms with Crippen molar-refractivity contribution in [1.29, 1.82) is 0 Å². The molecule has 0 N–H and O–H groups in total. The van der Waals surface area contributed by atoms with E-state index in [1.807, 2.05) is 0 Å². The van der Waals surface area contributed by atoms with Crippen molar-refractivity contribution in [2.45, 2.75) is 31.2 Å². The molecule has 102 valence electrons. The molecule has 0 aromatic carbocycles. The van der Waals surface area contributed by atoms with E-state index in [1.165, 1.54) is 25.7 Å². The summed E-state index contributed by atoms with van der Waals surface area (Å²) in [5, 5.41) is 0. The fourth-order valence-electron chi connectivity index (χ4n) is 0.874. The van der Waals surface area contributed by atoms with E-state index < -0.39 is 15.6 Å². The van der Waals surface area contributed by atoms with Crippen molar-refractivity contribution in [3.05, 3.63) is 24.3 Å². The molecular formula is C9H12F3O3RhS. The van der Waals surface area contributed by atoms with Crippen LogP contribution in [0.3, 0.4) is 0 Å². The molecule has 0 heterocycles. The summed E-state index contributed by atoms with van der Waals surface area (Å²) in [6.45, 7) is 0. The molecule has 1 aliphatic carbocycles. The van der Waals surface area contributed by atoms with E-state index >= 15 is 0 Å². The molecule has 1 rings (SSSR count). The molecule has 0 spiro atoms. The van der Waals surface area contributed by atoms with E-state index in [0.717, 1.165) is 0 Å². The standard InChI is InChI=1S/C8H12.CHF3O3S.Rh/c1-2-4-6-8-7-5-3-1;2-1(3,4)8(5,6)7;/h1-4H,5-8H2;(H,5,6,7);/q;;+1/p-1. The third-order valence-corrected chi connectivity index (χ3v) is 2.23. The number of allylic oxidation sites excluding steroid dienone is 4. The molecule has 17 heavy (non-hydrogen) atoms. The first-order chi connectivity index (χ1) is 7.25. The molecule has 0 bridgehead atoms. The van der Waals surface area contributed by atoms with Gasteiger partial charge in [0.15, 0.2) is 10.1 Å². The number of hydrogen-bond acceptors (Lipinski definition) is 3. The minimum Gasteiger partial charge on any atom is -0.741 e. The average molecular weight is 360 g/mol. The summed E-state index contributed by atoms with van der Waals surface area (Å²) < 4.78 is 58.9. The van der Waals surface area contributed by atoms with Gasteiger partial charge in [-0.3, -0.25) is 0 Å². The van der Waals surface area contributed by atoms with Gasteiger partial charge in [-0.25, -0.2) is 8.42 Å². The maximum absolute atomic E-state index is 10.7. The molecule has 0 saturated heterocycles. The van der Waals surface area contributed by atoms with Crippen molar-refractivity contribution < 1.29 is 45.6 Å². The van der Waals surface area contributed by atoms with Crippen LogP contribution < -0.4 is 0 Å². The summed E-state index contributed by atoms with van der Waals surface area (Å²) in [7, 11) is -6.09. The van der Waals surface area contributed by atoms with Crippen LogP contribution in [0.4, 0.5) is 13.2 Å². The molecule has 0 radical (unpaired) electrons. The Bertz CT molecular complexity index is 333. The summed E-state index contributed by atoms with van der Waals surface area (Å²) in [5.74, 6) is 0. The van der Waals surface area contributed by atoms with Crippen molar-refractivity contribution in [3.8, 4) is 0 Å². The van der Waals surface area contributed by atoms with E-state index in [2.05, 4.69) is 24.3 Å². The maximum Gasteiger partial charge on any atom is 1.00 e. The second-order valence-corrected chi connectivity index (χ2v) is 4.41. The molecule has 0 aliphatic heterocycles. The number of hydrogen-bond donors (Lipinski definition) is 0. The Morgan fingerprint density at radius 2 is 1.29 bits per heavy atom. The largest absolute Gasteiger partial charge is 1.00 e. The topological polar surface area (TPSA) is 57.2 Å². The SMILES string of the molecule is C1=CCCCCC=C1.O=S(=O)([O-])C(F)(F)F.[Rh+]. The quantitative estimate of drug-likeness (QED) is 0.379. The van der Waals surface area contributed by atoms with E-state index in [-0.39, 0.29) is 19.5 Å². The molecule has 0 aromatic heterocycles. The predicted molar refractivity (Wildman–Crippen MR) is 52.5 cm³/mol. The van der Waals surface area contributed by atoms with Gasteiger partial charge in [-0.1, -0.05) is 24.3 Å². The second kappa shape index (κ2) is 8.83. The van der Waals surface area contributed by atoms with Gasteiger partial charge < -0.3 is 4.55 Å². The molecule has 0 amide bonds. The van der Waals surface area contributed by atoms with Crippen LogP contribution in [0.5, 0.6) is 0 Å². The number of halogens is 3. The van der Waals surface area contributed by atoms with Gasteiger partial charge >= 0.3 is 25.0 Å². The van der Waals surface area contributed by atoms with E-state index in [9.17, 15) is 13.2 Å². The van der Waals surface area contributed by atoms with Gasteiger partial charge in [0.2, 0.25) is 0 Å². The zero-order valence-corrected chi connectivity index (χ0v) is 11.2. The maximum atomic E-state index is 10.7. The fourth-order valence-corrected chi connectivity index (χ4v) is 0.874. The Hall–Kier alpha value is -0.197. The van der Waals surface area contributed by atoms with Crippen molar-refractivity contribution >= 4 is 10.1 Å². The van der Waals surface area contributed by atoms with Crippen molar-refractivity contribution in [3.63, 3.8) is 0 Å². The third-order valence-electron chi connectivity index (χ3n) is 1.66. The Kier molecular flexibility index (Phi) is 9.95. The number of alkyl halides is 3. The summed E-state index contributed by atoms with van der Waals surface area (Å²) in [5.41, 5.74) is -5.65. The first-order valence-electron chi connectivity index (χ1n) is 4.59. The Morgan fingerprint density at radius 1 is 1.00 bits per heavy atom. The zero-order chi connectivity index (χ0) is 12.7. The summed E-state index contributed by atoms with van der Waals surface area (Å²) >= 11 is 0. The molecule has 0 saturated carbocycles. The molecule has 0 atom stereocenters. The van der Waals surface area contributed by atoms with Gasteiger partial charge in [-0.15, -0.1) is 0 Å². The average Bonchev–Trinajstić information content (AvgIpc) is 1.98. The summed E-state index contributed by atoms with van der Waals surface area (Å²) in [4.78, 5) is 0. The van der Waals surface area contributed by atoms with E-state index in [4.69, 9.17) is 13.0 Å². The normalized spacial score (nSPS) is 16.0. The van der Waals surface area contributed by atoms with Gasteiger partial charge in [0.25, 0.3) is 0 Å². The molecule has 0 unspecified atom stereocenters. The van der Waals surface area contributed by atoms with Crippen LogP contribution in [-0.2, 0) is 29.6 Å². The van der Waals surface area contributed by atoms with Gasteiger partial charge in [-0.05, 0) is 25.7 Å². The van der Waals surface area contributed by atoms with Crippen LogP contribution in [0, 0.1) is 0 Å². The van der Waals surface area contributed by atoms with Crippen LogP contribution in [0.15, 0.2) is 24.3 Å². The minimum atomic E-state index is -6.09. The molecule has 1 aliphatic rings. The predicted octanol–water partition coefficient (Wildman–Crippen LogP) is 2.72. The van der Waals surface area contributed by atoms with Crippen LogP contribution in [0.2, 0.25) is 0 Å². The molecular weight excluding hydrogens is 348 g/mol. The van der Waals surface area contributed by atoms with Crippen LogP contribution in [0.1, 0.15) is 25.7 Å². The number of rotatable bonds is 0. The Morgan fingerprint density at radius 3 is 1.53 bits per heavy atom. The van der Waals surface area contributed by atoms with Gasteiger partial charge in [-0.2, -0.15) is 13.2 Å². The fraction of sp³-hybridized carbons (Fsp3) is 0.556. The second-order valence-electron chi connectivity index (χ2n) is 3.04. The van der Waals surface area contributed by atoms with E-state index in [1.54, 1.807) is 0 Å². The van der Waals surface area contributed by atoms with Crippen LogP contribution in [-0.4, -0.2) is 18.5 Å². The van der Waals surface area contributed by atoms with Crippen LogP contribution in [0.25, 0.3) is 0 Å². The minimum absolute atomic E-state index is 0. The van der Waals surface area contributed by atoms with Gasteiger partial charge in [0, 0.05) is 0 Å². The van der Waals surface area contributed by atoms with Crippen molar-refractivity contribution in [1.82, 2.24) is 0 Å². The summed E-state index contributed by atoms with van der Waals surface area (Å²) in [6, 6.07) is 0. The smallest absolute Gasteiger partial charge is 0.741 e. The zero-order valence-electron chi connectivity index (χ0n) is 8.74. The molecule has 8 heteroatoms. The van der Waals surface area contributed by atoms with Crippen LogP contribution >= 0.6 is 0 Å². The van der Waals surface area contributed by atoms with E-state index in [0.29, 0.717) is 0 Å². The Balaban J connectivity index is 0. The monoisotopic (exact) mass is 360 g/mol. The molecule has 3 nitrogen and oxygen atoms in total. The molecule has 0 aromatic rings. The molecule has 0 fully saturated rings.